The first kappa shape index (κ1) is 22.3. The van der Waals surface area contributed by atoms with E-state index in [1.807, 2.05) is 29.2 Å². The first-order valence-electron chi connectivity index (χ1n) is 10.4. The Morgan fingerprint density at radius 1 is 1.28 bits per heavy atom. The molecular weight excluding hydrogens is 434 g/mol. The molecule has 1 aromatic heterocycles. The molecule has 2 aliphatic rings. The lowest BCUT2D eigenvalue weighted by Gasteiger charge is -2.32. The predicted octanol–water partition coefficient (Wildman–Crippen LogP) is 1.95. The third-order valence-corrected chi connectivity index (χ3v) is 6.67. The molecule has 10 heteroatoms. The quantitative estimate of drug-likeness (QED) is 0.644. The molecule has 3 heterocycles. The number of ether oxygens (including phenoxy) is 3. The number of aromatic nitrogens is 1. The molecule has 0 bridgehead atoms. The van der Waals surface area contributed by atoms with Crippen LogP contribution in [0.5, 0.6) is 11.5 Å². The molecule has 1 atom stereocenters. The van der Waals surface area contributed by atoms with Gasteiger partial charge in [-0.25, -0.2) is 13.4 Å². The summed E-state index contributed by atoms with van der Waals surface area (Å²) in [6.07, 6.45) is 3.39. The van der Waals surface area contributed by atoms with E-state index < -0.39 is 9.84 Å². The highest BCUT2D eigenvalue weighted by atomic mass is 32.2. The van der Waals surface area contributed by atoms with Crippen LogP contribution in [0, 0.1) is 6.92 Å². The number of anilines is 2. The summed E-state index contributed by atoms with van der Waals surface area (Å²) >= 11 is 0. The van der Waals surface area contributed by atoms with Gasteiger partial charge in [0.1, 0.15) is 30.8 Å². The van der Waals surface area contributed by atoms with Crippen LogP contribution in [0.1, 0.15) is 12.0 Å². The minimum absolute atomic E-state index is 0.0379. The Morgan fingerprint density at radius 3 is 2.81 bits per heavy atom. The van der Waals surface area contributed by atoms with Crippen molar-refractivity contribution in [3.63, 3.8) is 0 Å². The van der Waals surface area contributed by atoms with Gasteiger partial charge in [-0.15, -0.1) is 0 Å². The molecule has 2 aromatic rings. The summed E-state index contributed by atoms with van der Waals surface area (Å²) in [6.45, 7) is 4.08. The molecule has 32 heavy (non-hydrogen) atoms. The van der Waals surface area contributed by atoms with Gasteiger partial charge in [-0.1, -0.05) is 0 Å². The minimum atomic E-state index is -3.39. The van der Waals surface area contributed by atoms with Gasteiger partial charge in [-0.05, 0) is 30.7 Å². The molecule has 1 fully saturated rings. The standard InChI is InChI=1S/C22H27N3O6S/c1-15-10-16(12-23-22(15)32(3,27)28)25-8-9-30-20-5-4-17(11-19(20)25)31-18-6-7-24(13-18)21(26)14-29-2/h4-5,10-12,18H,6-9,13-14H2,1-3H3. The number of rotatable bonds is 6. The fourth-order valence-corrected chi connectivity index (χ4v) is 4.97. The summed E-state index contributed by atoms with van der Waals surface area (Å²) in [7, 11) is -1.88. The highest BCUT2D eigenvalue weighted by Gasteiger charge is 2.28. The van der Waals surface area contributed by atoms with Gasteiger partial charge in [-0.3, -0.25) is 4.79 Å². The number of likely N-dealkylation sites (tertiary alicyclic amines) is 1. The number of aryl methyl sites for hydroxylation is 1. The second-order valence-corrected chi connectivity index (χ2v) is 9.95. The Bertz CT molecular complexity index is 1120. The number of pyridine rings is 1. The number of carbonyl (C=O) groups excluding carboxylic acids is 1. The van der Waals surface area contributed by atoms with Gasteiger partial charge in [-0.2, -0.15) is 0 Å². The zero-order valence-electron chi connectivity index (χ0n) is 18.4. The van der Waals surface area contributed by atoms with E-state index in [0.717, 1.165) is 29.8 Å². The second-order valence-electron chi connectivity index (χ2n) is 8.02. The summed E-state index contributed by atoms with van der Waals surface area (Å²) in [5, 5.41) is 0.0839. The van der Waals surface area contributed by atoms with Gasteiger partial charge < -0.3 is 24.0 Å². The summed E-state index contributed by atoms with van der Waals surface area (Å²) in [5.41, 5.74) is 2.21. The zero-order valence-corrected chi connectivity index (χ0v) is 19.2. The van der Waals surface area contributed by atoms with Crippen LogP contribution in [0.4, 0.5) is 11.4 Å². The normalized spacial score (nSPS) is 18.3. The molecule has 9 nitrogen and oxygen atoms in total. The first-order chi connectivity index (χ1) is 15.3. The molecule has 1 saturated heterocycles. The average Bonchev–Trinajstić information content (AvgIpc) is 3.21. The molecule has 0 saturated carbocycles. The van der Waals surface area contributed by atoms with Gasteiger partial charge >= 0.3 is 0 Å². The van der Waals surface area contributed by atoms with Crippen molar-refractivity contribution >= 4 is 27.1 Å². The topological polar surface area (TPSA) is 98.3 Å². The lowest BCUT2D eigenvalue weighted by molar-refractivity contribution is -0.134. The molecular formula is C22H27N3O6S. The number of nitrogens with zero attached hydrogens (tertiary/aromatic N) is 3. The van der Waals surface area contributed by atoms with Crippen LogP contribution in [0.2, 0.25) is 0 Å². The van der Waals surface area contributed by atoms with Gasteiger partial charge in [0.05, 0.1) is 30.7 Å². The van der Waals surface area contributed by atoms with Crippen molar-refractivity contribution in [1.82, 2.24) is 9.88 Å². The Morgan fingerprint density at radius 2 is 2.09 bits per heavy atom. The highest BCUT2D eigenvalue weighted by molar-refractivity contribution is 7.90. The molecule has 1 unspecified atom stereocenters. The molecule has 0 N–H and O–H groups in total. The van der Waals surface area contributed by atoms with Crippen LogP contribution < -0.4 is 14.4 Å². The van der Waals surface area contributed by atoms with E-state index in [1.165, 1.54) is 7.11 Å². The molecule has 0 aliphatic carbocycles. The van der Waals surface area contributed by atoms with E-state index in [-0.39, 0.29) is 23.6 Å². The summed E-state index contributed by atoms with van der Waals surface area (Å²) in [5.74, 6) is 1.36. The van der Waals surface area contributed by atoms with E-state index in [9.17, 15) is 13.2 Å². The SMILES string of the molecule is COCC(=O)N1CCC(Oc2ccc3c(c2)N(c2cnc(S(C)(=O)=O)c(C)c2)CCO3)C1. The van der Waals surface area contributed by atoms with Gasteiger partial charge in [0.25, 0.3) is 0 Å². The Kier molecular flexibility index (Phi) is 6.25. The van der Waals surface area contributed by atoms with Gasteiger partial charge in [0.15, 0.2) is 14.9 Å². The summed E-state index contributed by atoms with van der Waals surface area (Å²) in [6, 6.07) is 7.46. The van der Waals surface area contributed by atoms with Crippen molar-refractivity contribution in [1.29, 1.82) is 0 Å². The molecule has 0 spiro atoms. The average molecular weight is 462 g/mol. The van der Waals surface area contributed by atoms with Crippen molar-refractivity contribution in [2.45, 2.75) is 24.5 Å². The number of amides is 1. The van der Waals surface area contributed by atoms with Crippen molar-refractivity contribution in [3.8, 4) is 11.5 Å². The van der Waals surface area contributed by atoms with E-state index >= 15 is 0 Å². The fourth-order valence-electron chi connectivity index (χ4n) is 4.08. The lowest BCUT2D eigenvalue weighted by atomic mass is 10.2. The summed E-state index contributed by atoms with van der Waals surface area (Å²) < 4.78 is 40.7. The third-order valence-electron chi connectivity index (χ3n) is 5.54. The maximum atomic E-state index is 12.0. The smallest absolute Gasteiger partial charge is 0.248 e. The Labute approximate surface area is 187 Å². The van der Waals surface area contributed by atoms with Crippen LogP contribution in [0.15, 0.2) is 35.5 Å². The highest BCUT2D eigenvalue weighted by Crippen LogP contribution is 2.39. The number of sulfone groups is 1. The number of carbonyl (C=O) groups is 1. The molecule has 172 valence electrons. The third kappa shape index (κ3) is 4.66. The Balaban J connectivity index is 1.54. The monoisotopic (exact) mass is 461 g/mol. The van der Waals surface area contributed by atoms with Crippen molar-refractivity contribution in [3.05, 3.63) is 36.0 Å². The van der Waals surface area contributed by atoms with E-state index in [0.29, 0.717) is 37.6 Å². The predicted molar refractivity (Wildman–Crippen MR) is 119 cm³/mol. The number of hydrogen-bond acceptors (Lipinski definition) is 8. The largest absolute Gasteiger partial charge is 0.490 e. The second kappa shape index (κ2) is 8.95. The van der Waals surface area contributed by atoms with Gasteiger partial charge in [0, 0.05) is 32.4 Å². The minimum Gasteiger partial charge on any atom is -0.490 e. The molecule has 0 radical (unpaired) electrons. The van der Waals surface area contributed by atoms with Crippen molar-refractivity contribution in [2.24, 2.45) is 0 Å². The number of fused-ring (bicyclic) bond motifs is 1. The van der Waals surface area contributed by atoms with E-state index in [4.69, 9.17) is 14.2 Å². The molecule has 4 rings (SSSR count). The molecule has 1 amide bonds. The summed E-state index contributed by atoms with van der Waals surface area (Å²) in [4.78, 5) is 20.0. The molecule has 1 aromatic carbocycles. The van der Waals surface area contributed by atoms with Crippen LogP contribution in [-0.2, 0) is 19.4 Å². The first-order valence-corrected chi connectivity index (χ1v) is 12.3. The van der Waals surface area contributed by atoms with E-state index in [2.05, 4.69) is 4.98 Å². The zero-order chi connectivity index (χ0) is 22.9. The fraction of sp³-hybridized carbons (Fsp3) is 0.455. The maximum absolute atomic E-state index is 12.0. The van der Waals surface area contributed by atoms with Gasteiger partial charge in [0.2, 0.25) is 5.91 Å². The van der Waals surface area contributed by atoms with Crippen LogP contribution in [0.25, 0.3) is 0 Å². The lowest BCUT2D eigenvalue weighted by Crippen LogP contribution is -2.33. The van der Waals surface area contributed by atoms with Crippen LogP contribution in [0.3, 0.4) is 0 Å². The Hall–Kier alpha value is -2.85. The number of methoxy groups -OCH3 is 1. The number of hydrogen-bond donors (Lipinski definition) is 0. The van der Waals surface area contributed by atoms with Crippen LogP contribution in [-0.4, -0.2) is 76.5 Å². The maximum Gasteiger partial charge on any atom is 0.248 e. The number of benzene rings is 1. The van der Waals surface area contributed by atoms with Crippen molar-refractivity contribution < 1.29 is 27.4 Å². The van der Waals surface area contributed by atoms with Crippen LogP contribution >= 0.6 is 0 Å². The van der Waals surface area contributed by atoms with Crippen molar-refractivity contribution in [2.75, 3.05) is 51.1 Å². The van der Waals surface area contributed by atoms with E-state index in [1.54, 1.807) is 18.0 Å². The molecule has 2 aliphatic heterocycles.